The molecule has 1 aromatic rings. The number of pyridine rings is 1. The average molecular weight is 334 g/mol. The standard InChI is InChI=1S/C9H5BrF5NO2/c10-5-1-3(8(11)12)7(9(13,14)15)4(16-5)2-6(17)18/h1,8H,2H2,(H,17,18). The molecule has 0 aliphatic rings. The summed E-state index contributed by atoms with van der Waals surface area (Å²) in [6, 6.07) is 0.527. The Morgan fingerprint density at radius 1 is 1.44 bits per heavy atom. The first-order valence-corrected chi connectivity index (χ1v) is 5.18. The van der Waals surface area contributed by atoms with Gasteiger partial charge in [0.2, 0.25) is 0 Å². The van der Waals surface area contributed by atoms with E-state index in [0.29, 0.717) is 6.07 Å². The summed E-state index contributed by atoms with van der Waals surface area (Å²) in [5.41, 5.74) is -3.93. The molecule has 0 aliphatic carbocycles. The molecule has 0 radical (unpaired) electrons. The van der Waals surface area contributed by atoms with Gasteiger partial charge >= 0.3 is 12.1 Å². The number of hydrogen-bond acceptors (Lipinski definition) is 2. The van der Waals surface area contributed by atoms with E-state index < -0.39 is 41.8 Å². The largest absolute Gasteiger partial charge is 0.481 e. The van der Waals surface area contributed by atoms with Crippen molar-refractivity contribution in [1.82, 2.24) is 4.98 Å². The van der Waals surface area contributed by atoms with Crippen LogP contribution in [0.1, 0.15) is 23.2 Å². The third-order valence-corrected chi connectivity index (χ3v) is 2.34. The molecule has 1 N–H and O–H groups in total. The molecule has 0 aliphatic heterocycles. The van der Waals surface area contributed by atoms with Crippen LogP contribution in [0.5, 0.6) is 0 Å². The van der Waals surface area contributed by atoms with Crippen molar-refractivity contribution < 1.29 is 31.9 Å². The molecule has 0 atom stereocenters. The van der Waals surface area contributed by atoms with Crippen LogP contribution in [-0.4, -0.2) is 16.1 Å². The van der Waals surface area contributed by atoms with E-state index in [9.17, 15) is 26.7 Å². The molecular formula is C9H5BrF5NO2. The van der Waals surface area contributed by atoms with Crippen LogP contribution in [0, 0.1) is 0 Å². The summed E-state index contributed by atoms with van der Waals surface area (Å²) in [4.78, 5) is 13.7. The van der Waals surface area contributed by atoms with E-state index in [1.165, 1.54) is 0 Å². The van der Waals surface area contributed by atoms with Crippen molar-refractivity contribution in [1.29, 1.82) is 0 Å². The molecule has 0 fully saturated rings. The Hall–Kier alpha value is -1.25. The first-order valence-electron chi connectivity index (χ1n) is 4.39. The predicted molar refractivity (Wildman–Crippen MR) is 53.2 cm³/mol. The molecule has 0 aromatic carbocycles. The first kappa shape index (κ1) is 14.8. The second-order valence-corrected chi connectivity index (χ2v) is 4.04. The van der Waals surface area contributed by atoms with Crippen molar-refractivity contribution in [2.24, 2.45) is 0 Å². The number of nitrogens with zero attached hydrogens (tertiary/aromatic N) is 1. The van der Waals surface area contributed by atoms with Gasteiger partial charge in [-0.25, -0.2) is 13.8 Å². The number of aromatic nitrogens is 1. The highest BCUT2D eigenvalue weighted by atomic mass is 79.9. The Labute approximate surface area is 106 Å². The molecular weight excluding hydrogens is 329 g/mol. The van der Waals surface area contributed by atoms with Gasteiger partial charge in [0, 0.05) is 5.56 Å². The van der Waals surface area contributed by atoms with E-state index in [-0.39, 0.29) is 4.60 Å². The zero-order valence-corrected chi connectivity index (χ0v) is 10.0. The SMILES string of the molecule is O=C(O)Cc1nc(Br)cc(C(F)F)c1C(F)(F)F. The van der Waals surface area contributed by atoms with E-state index in [1.54, 1.807) is 0 Å². The Morgan fingerprint density at radius 3 is 2.39 bits per heavy atom. The van der Waals surface area contributed by atoms with Gasteiger partial charge in [0.15, 0.2) is 0 Å². The van der Waals surface area contributed by atoms with Crippen molar-refractivity contribution in [3.05, 3.63) is 27.5 Å². The van der Waals surface area contributed by atoms with Crippen molar-refractivity contribution in [2.45, 2.75) is 19.0 Å². The summed E-state index contributed by atoms with van der Waals surface area (Å²) < 4.78 is 62.9. The zero-order chi connectivity index (χ0) is 14.1. The minimum absolute atomic E-state index is 0.276. The van der Waals surface area contributed by atoms with Crippen LogP contribution in [0.15, 0.2) is 10.7 Å². The number of carboxylic acid groups (broad SMARTS) is 1. The van der Waals surface area contributed by atoms with Gasteiger partial charge in [-0.2, -0.15) is 13.2 Å². The second kappa shape index (κ2) is 5.17. The van der Waals surface area contributed by atoms with E-state index in [2.05, 4.69) is 20.9 Å². The second-order valence-electron chi connectivity index (χ2n) is 3.22. The highest BCUT2D eigenvalue weighted by Crippen LogP contribution is 2.39. The van der Waals surface area contributed by atoms with E-state index >= 15 is 0 Å². The molecule has 0 amide bonds. The van der Waals surface area contributed by atoms with E-state index in [4.69, 9.17) is 5.11 Å². The lowest BCUT2D eigenvalue weighted by Gasteiger charge is -2.16. The quantitative estimate of drug-likeness (QED) is 0.681. The fourth-order valence-corrected chi connectivity index (χ4v) is 1.82. The third kappa shape index (κ3) is 3.37. The number of aliphatic carboxylic acids is 1. The predicted octanol–water partition coefficient (Wildman–Crippen LogP) is 3.43. The molecule has 0 spiro atoms. The van der Waals surface area contributed by atoms with Gasteiger partial charge in [-0.15, -0.1) is 0 Å². The lowest BCUT2D eigenvalue weighted by Crippen LogP contribution is -2.17. The summed E-state index contributed by atoms with van der Waals surface area (Å²) in [5.74, 6) is -1.59. The molecule has 0 saturated carbocycles. The van der Waals surface area contributed by atoms with Crippen molar-refractivity contribution in [3.63, 3.8) is 0 Å². The number of rotatable bonds is 3. The topological polar surface area (TPSA) is 50.2 Å². The van der Waals surface area contributed by atoms with Crippen molar-refractivity contribution in [3.8, 4) is 0 Å². The Balaban J connectivity index is 3.53. The lowest BCUT2D eigenvalue weighted by atomic mass is 10.0. The summed E-state index contributed by atoms with van der Waals surface area (Å²) in [6.07, 6.45) is -9.56. The monoisotopic (exact) mass is 333 g/mol. The van der Waals surface area contributed by atoms with Gasteiger partial charge < -0.3 is 5.11 Å². The van der Waals surface area contributed by atoms with Crippen LogP contribution < -0.4 is 0 Å². The van der Waals surface area contributed by atoms with E-state index in [0.717, 1.165) is 0 Å². The maximum absolute atomic E-state index is 12.7. The van der Waals surface area contributed by atoms with Crippen molar-refractivity contribution >= 4 is 21.9 Å². The van der Waals surface area contributed by atoms with E-state index in [1.807, 2.05) is 0 Å². The summed E-state index contributed by atoms with van der Waals surface area (Å²) in [7, 11) is 0. The maximum atomic E-state index is 12.7. The van der Waals surface area contributed by atoms with Crippen LogP contribution in [0.25, 0.3) is 0 Å². The van der Waals surface area contributed by atoms with Gasteiger partial charge in [-0.3, -0.25) is 4.79 Å². The summed E-state index contributed by atoms with van der Waals surface area (Å²) >= 11 is 2.67. The van der Waals surface area contributed by atoms with Gasteiger partial charge in [-0.1, -0.05) is 0 Å². The molecule has 1 aromatic heterocycles. The summed E-state index contributed by atoms with van der Waals surface area (Å²) in [5, 5.41) is 8.47. The molecule has 0 bridgehead atoms. The number of alkyl halides is 5. The van der Waals surface area contributed by atoms with Crippen LogP contribution in [0.4, 0.5) is 22.0 Å². The van der Waals surface area contributed by atoms with Crippen LogP contribution >= 0.6 is 15.9 Å². The molecule has 0 saturated heterocycles. The minimum atomic E-state index is -5.09. The number of carboxylic acids is 1. The molecule has 1 heterocycles. The maximum Gasteiger partial charge on any atom is 0.418 e. The van der Waals surface area contributed by atoms with Crippen LogP contribution in [0.2, 0.25) is 0 Å². The molecule has 1 rings (SSSR count). The average Bonchev–Trinajstić information content (AvgIpc) is 2.12. The Kier molecular flexibility index (Phi) is 4.25. The Morgan fingerprint density at radius 2 is 2.00 bits per heavy atom. The van der Waals surface area contributed by atoms with Crippen molar-refractivity contribution in [2.75, 3.05) is 0 Å². The van der Waals surface area contributed by atoms with Gasteiger partial charge in [-0.05, 0) is 22.0 Å². The first-order chi connectivity index (χ1) is 8.12. The Bertz CT molecular complexity index is 475. The lowest BCUT2D eigenvalue weighted by molar-refractivity contribution is -0.141. The smallest absolute Gasteiger partial charge is 0.418 e. The molecule has 100 valence electrons. The van der Waals surface area contributed by atoms with Crippen LogP contribution in [0.3, 0.4) is 0 Å². The van der Waals surface area contributed by atoms with Crippen LogP contribution in [-0.2, 0) is 17.4 Å². The number of carbonyl (C=O) groups is 1. The van der Waals surface area contributed by atoms with Gasteiger partial charge in [0.1, 0.15) is 4.60 Å². The molecule has 9 heteroatoms. The molecule has 0 unspecified atom stereocenters. The highest BCUT2D eigenvalue weighted by molar-refractivity contribution is 9.10. The minimum Gasteiger partial charge on any atom is -0.481 e. The highest BCUT2D eigenvalue weighted by Gasteiger charge is 2.39. The zero-order valence-electron chi connectivity index (χ0n) is 8.43. The number of hydrogen-bond donors (Lipinski definition) is 1. The third-order valence-electron chi connectivity index (χ3n) is 1.93. The van der Waals surface area contributed by atoms with Gasteiger partial charge in [0.25, 0.3) is 6.43 Å². The normalized spacial score (nSPS) is 11.9. The fraction of sp³-hybridized carbons (Fsp3) is 0.333. The molecule has 3 nitrogen and oxygen atoms in total. The molecule has 18 heavy (non-hydrogen) atoms. The summed E-state index contributed by atoms with van der Waals surface area (Å²) in [6.45, 7) is 0. The fourth-order valence-electron chi connectivity index (χ4n) is 1.35. The van der Waals surface area contributed by atoms with Gasteiger partial charge in [0.05, 0.1) is 17.7 Å². The number of halogens is 6.